The van der Waals surface area contributed by atoms with Crippen molar-refractivity contribution in [2.75, 3.05) is 36.4 Å². The molecule has 3 aromatic heterocycles. The second-order valence-corrected chi connectivity index (χ2v) is 7.56. The Morgan fingerprint density at radius 2 is 1.93 bits per heavy atom. The monoisotopic (exact) mass is 377 g/mol. The van der Waals surface area contributed by atoms with Crippen LogP contribution in [0.4, 0.5) is 16.3 Å². The van der Waals surface area contributed by atoms with E-state index in [1.54, 1.807) is 15.9 Å². The van der Waals surface area contributed by atoms with Crippen LogP contribution in [0.3, 0.4) is 0 Å². The molecule has 1 saturated heterocycles. The molecule has 4 heterocycles. The Bertz CT molecular complexity index is 1080. The van der Waals surface area contributed by atoms with Crippen molar-refractivity contribution in [2.24, 2.45) is 0 Å². The molecular weight excluding hydrogens is 358 g/mol. The highest BCUT2D eigenvalue weighted by Gasteiger charge is 2.23. The largest absolute Gasteiger partial charge is 0.367 e. The lowest BCUT2D eigenvalue weighted by molar-refractivity contribution is 0.208. The summed E-state index contributed by atoms with van der Waals surface area (Å²) in [6.07, 6.45) is 1.87. The fourth-order valence-electron chi connectivity index (χ4n) is 3.59. The van der Waals surface area contributed by atoms with Crippen LogP contribution in [0.1, 0.15) is 0 Å². The normalized spacial score (nSPS) is 14.8. The Morgan fingerprint density at radius 3 is 2.78 bits per heavy atom. The molecule has 1 aliphatic rings. The van der Waals surface area contributed by atoms with Gasteiger partial charge in [-0.05, 0) is 35.7 Å². The number of fused-ring (bicyclic) bond motifs is 2. The summed E-state index contributed by atoms with van der Waals surface area (Å²) in [5.41, 5.74) is 2.22. The minimum absolute atomic E-state index is 0.0909. The van der Waals surface area contributed by atoms with Gasteiger partial charge in [0.05, 0.1) is 5.52 Å². The summed E-state index contributed by atoms with van der Waals surface area (Å²) in [7, 11) is 0. The Labute approximate surface area is 160 Å². The van der Waals surface area contributed by atoms with Crippen LogP contribution in [0.15, 0.2) is 60.1 Å². The molecule has 0 unspecified atom stereocenters. The van der Waals surface area contributed by atoms with E-state index in [1.165, 1.54) is 15.8 Å². The first-order valence-electron chi connectivity index (χ1n) is 8.99. The molecule has 4 aromatic rings. The zero-order chi connectivity index (χ0) is 18.2. The molecule has 136 valence electrons. The molecule has 1 aromatic carbocycles. The van der Waals surface area contributed by atoms with Crippen LogP contribution >= 0.6 is 11.3 Å². The maximum atomic E-state index is 12.6. The molecule has 27 heavy (non-hydrogen) atoms. The van der Waals surface area contributed by atoms with E-state index in [2.05, 4.69) is 45.0 Å². The molecular formula is C20H19N5OS. The summed E-state index contributed by atoms with van der Waals surface area (Å²) < 4.78 is 3.06. The molecule has 1 aliphatic heterocycles. The van der Waals surface area contributed by atoms with Gasteiger partial charge in [0.2, 0.25) is 0 Å². The van der Waals surface area contributed by atoms with Crippen LogP contribution < -0.4 is 10.2 Å². The Hall–Kier alpha value is -3.06. The highest BCUT2D eigenvalue weighted by Crippen LogP contribution is 2.31. The fourth-order valence-corrected chi connectivity index (χ4v) is 4.40. The van der Waals surface area contributed by atoms with Crippen molar-refractivity contribution in [3.63, 3.8) is 0 Å². The number of hydrogen-bond donors (Lipinski definition) is 1. The van der Waals surface area contributed by atoms with E-state index in [9.17, 15) is 4.79 Å². The van der Waals surface area contributed by atoms with Crippen LogP contribution in [0.25, 0.3) is 15.6 Å². The molecule has 6 nitrogen and oxygen atoms in total. The number of piperazine rings is 1. The van der Waals surface area contributed by atoms with Gasteiger partial charge in [0, 0.05) is 54.2 Å². The highest BCUT2D eigenvalue weighted by atomic mass is 32.1. The maximum absolute atomic E-state index is 12.6. The average Bonchev–Trinajstić information content (AvgIpc) is 3.34. The van der Waals surface area contributed by atoms with Crippen LogP contribution in [0, 0.1) is 0 Å². The van der Waals surface area contributed by atoms with Crippen molar-refractivity contribution in [3.8, 4) is 0 Å². The summed E-state index contributed by atoms with van der Waals surface area (Å²) >= 11 is 1.76. The number of thiophene rings is 1. The second-order valence-electron chi connectivity index (χ2n) is 6.61. The predicted octanol–water partition coefficient (Wildman–Crippen LogP) is 3.90. The van der Waals surface area contributed by atoms with Gasteiger partial charge in [0.15, 0.2) is 5.82 Å². The maximum Gasteiger partial charge on any atom is 0.323 e. The molecule has 0 saturated carbocycles. The van der Waals surface area contributed by atoms with Crippen molar-refractivity contribution in [1.29, 1.82) is 0 Å². The number of nitrogens with one attached hydrogen (secondary N) is 1. The summed E-state index contributed by atoms with van der Waals surface area (Å²) in [6.45, 7) is 3.04. The van der Waals surface area contributed by atoms with E-state index < -0.39 is 0 Å². The van der Waals surface area contributed by atoms with Gasteiger partial charge in [-0.2, -0.15) is 0 Å². The van der Waals surface area contributed by atoms with Crippen molar-refractivity contribution in [1.82, 2.24) is 14.5 Å². The number of hydrogen-bond acceptors (Lipinski definition) is 4. The van der Waals surface area contributed by atoms with Crippen LogP contribution in [-0.2, 0) is 0 Å². The summed E-state index contributed by atoms with van der Waals surface area (Å²) in [6, 6.07) is 16.2. The van der Waals surface area contributed by atoms with E-state index in [0.717, 1.165) is 18.6 Å². The van der Waals surface area contributed by atoms with Crippen molar-refractivity contribution >= 4 is 44.5 Å². The molecule has 0 aliphatic carbocycles. The van der Waals surface area contributed by atoms with Crippen molar-refractivity contribution < 1.29 is 4.79 Å². The lowest BCUT2D eigenvalue weighted by Gasteiger charge is -2.36. The zero-order valence-electron chi connectivity index (χ0n) is 14.7. The first-order valence-corrected chi connectivity index (χ1v) is 9.87. The first kappa shape index (κ1) is 16.1. The van der Waals surface area contributed by atoms with Crippen LogP contribution in [0.5, 0.6) is 0 Å². The number of rotatable bonds is 2. The number of nitrogens with zero attached hydrogens (tertiary/aromatic N) is 4. The van der Waals surface area contributed by atoms with Crippen molar-refractivity contribution in [3.05, 3.63) is 60.1 Å². The summed E-state index contributed by atoms with van der Waals surface area (Å²) in [5.74, 6) is 0.580. The van der Waals surface area contributed by atoms with E-state index in [0.29, 0.717) is 18.9 Å². The first-order chi connectivity index (χ1) is 13.3. The van der Waals surface area contributed by atoms with E-state index >= 15 is 0 Å². The summed E-state index contributed by atoms with van der Waals surface area (Å²) in [4.78, 5) is 16.8. The molecule has 7 heteroatoms. The number of urea groups is 1. The van der Waals surface area contributed by atoms with Gasteiger partial charge in [0.25, 0.3) is 0 Å². The fraction of sp³-hybridized carbons (Fsp3) is 0.200. The van der Waals surface area contributed by atoms with Gasteiger partial charge >= 0.3 is 6.03 Å². The third-order valence-corrected chi connectivity index (χ3v) is 5.87. The SMILES string of the molecule is O=C(Nc1cc2ccccn2n1)N1CCN(c2cccc3sccc23)CC1. The van der Waals surface area contributed by atoms with Gasteiger partial charge < -0.3 is 9.80 Å². The average molecular weight is 377 g/mol. The molecule has 0 atom stereocenters. The molecule has 0 radical (unpaired) electrons. The third kappa shape index (κ3) is 3.00. The van der Waals surface area contributed by atoms with Crippen LogP contribution in [-0.4, -0.2) is 46.7 Å². The quantitative estimate of drug-likeness (QED) is 0.576. The Balaban J connectivity index is 1.26. The lowest BCUT2D eigenvalue weighted by Crippen LogP contribution is -2.50. The van der Waals surface area contributed by atoms with E-state index in [1.807, 2.05) is 35.4 Å². The molecule has 1 N–H and O–H groups in total. The number of amides is 2. The van der Waals surface area contributed by atoms with E-state index in [-0.39, 0.29) is 6.03 Å². The molecule has 2 amide bonds. The number of pyridine rings is 1. The van der Waals surface area contributed by atoms with Crippen LogP contribution in [0.2, 0.25) is 0 Å². The number of benzene rings is 1. The highest BCUT2D eigenvalue weighted by molar-refractivity contribution is 7.17. The predicted molar refractivity (Wildman–Crippen MR) is 110 cm³/mol. The Kier molecular flexibility index (Phi) is 3.94. The second kappa shape index (κ2) is 6.59. The molecule has 1 fully saturated rings. The van der Waals surface area contributed by atoms with Gasteiger partial charge in [-0.1, -0.05) is 12.1 Å². The smallest absolute Gasteiger partial charge is 0.323 e. The standard InChI is InChI=1S/C20H19N5OS/c26-20(21-19-14-15-4-1-2-8-25(15)22-19)24-11-9-23(10-12-24)17-5-3-6-18-16(17)7-13-27-18/h1-8,13-14H,9-12H2,(H,21,22,26). The lowest BCUT2D eigenvalue weighted by atomic mass is 10.2. The van der Waals surface area contributed by atoms with Gasteiger partial charge in [0.1, 0.15) is 0 Å². The molecule has 5 rings (SSSR count). The van der Waals surface area contributed by atoms with Gasteiger partial charge in [-0.25, -0.2) is 9.31 Å². The third-order valence-electron chi connectivity index (χ3n) is 4.99. The number of aromatic nitrogens is 2. The number of carbonyl (C=O) groups excluding carboxylic acids is 1. The Morgan fingerprint density at radius 1 is 1.04 bits per heavy atom. The number of carbonyl (C=O) groups is 1. The van der Waals surface area contributed by atoms with Gasteiger partial charge in [-0.3, -0.25) is 5.32 Å². The molecule has 0 spiro atoms. The summed E-state index contributed by atoms with van der Waals surface area (Å²) in [5, 5.41) is 10.7. The number of anilines is 2. The minimum Gasteiger partial charge on any atom is -0.367 e. The van der Waals surface area contributed by atoms with E-state index in [4.69, 9.17) is 0 Å². The minimum atomic E-state index is -0.0909. The molecule has 0 bridgehead atoms. The topological polar surface area (TPSA) is 52.9 Å². The van der Waals surface area contributed by atoms with Gasteiger partial charge in [-0.15, -0.1) is 16.4 Å². The van der Waals surface area contributed by atoms with Crippen molar-refractivity contribution in [2.45, 2.75) is 0 Å². The zero-order valence-corrected chi connectivity index (χ0v) is 15.5.